The molecule has 144 valence electrons. The number of hydrogen-bond donors (Lipinski definition) is 1. The second-order valence-corrected chi connectivity index (χ2v) is 8.83. The molecule has 0 bridgehead atoms. The van der Waals surface area contributed by atoms with Crippen LogP contribution in [0.25, 0.3) is 0 Å². The first-order valence-corrected chi connectivity index (χ1v) is 10.5. The Morgan fingerprint density at radius 2 is 1.77 bits per heavy atom. The van der Waals surface area contributed by atoms with Gasteiger partial charge >= 0.3 is 0 Å². The molecule has 0 saturated heterocycles. The van der Waals surface area contributed by atoms with E-state index in [9.17, 15) is 5.11 Å². The zero-order valence-corrected chi connectivity index (χ0v) is 17.7. The van der Waals surface area contributed by atoms with Gasteiger partial charge in [0.15, 0.2) is 0 Å². The van der Waals surface area contributed by atoms with Crippen LogP contribution in [-0.4, -0.2) is 5.11 Å². The normalized spacial score (nSPS) is 42.8. The summed E-state index contributed by atoms with van der Waals surface area (Å²) in [5.41, 5.74) is 3.75. The van der Waals surface area contributed by atoms with E-state index in [-0.39, 0.29) is 5.41 Å². The maximum atomic E-state index is 9.94. The topological polar surface area (TPSA) is 20.2 Å². The number of aliphatic hydroxyl groups excluding tert-OH is 1. The lowest BCUT2D eigenvalue weighted by molar-refractivity contribution is 0.0570. The first kappa shape index (κ1) is 20.9. The number of fused-ring (bicyclic) bond motifs is 5. The molecular weight excluding hydrogens is 316 g/mol. The van der Waals surface area contributed by atoms with E-state index in [1.165, 1.54) is 24.8 Å². The van der Waals surface area contributed by atoms with Crippen LogP contribution in [0.5, 0.6) is 0 Å². The van der Waals surface area contributed by atoms with E-state index in [1.54, 1.807) is 5.57 Å². The smallest absolute Gasteiger partial charge is 0.0926 e. The van der Waals surface area contributed by atoms with E-state index >= 15 is 0 Å². The highest BCUT2D eigenvalue weighted by Gasteiger charge is 2.56. The van der Waals surface area contributed by atoms with Crippen LogP contribution < -0.4 is 0 Å². The Labute approximate surface area is 161 Å². The van der Waals surface area contributed by atoms with Gasteiger partial charge in [-0.2, -0.15) is 0 Å². The summed E-state index contributed by atoms with van der Waals surface area (Å²) in [6.45, 7) is 13.9. The van der Waals surface area contributed by atoms with Crippen molar-refractivity contribution in [1.29, 1.82) is 0 Å². The van der Waals surface area contributed by atoms with E-state index in [4.69, 9.17) is 0 Å². The fourth-order valence-electron chi connectivity index (χ4n) is 6.29. The molecule has 0 aliphatic heterocycles. The van der Waals surface area contributed by atoms with Crippen LogP contribution in [0.2, 0.25) is 0 Å². The maximum absolute atomic E-state index is 9.94. The predicted molar refractivity (Wildman–Crippen MR) is 113 cm³/mol. The highest BCUT2D eigenvalue weighted by Crippen LogP contribution is 2.65. The monoisotopic (exact) mass is 354 g/mol. The molecule has 0 amide bonds. The van der Waals surface area contributed by atoms with Crippen molar-refractivity contribution >= 4 is 0 Å². The lowest BCUT2D eigenvalue weighted by Gasteiger charge is -2.54. The Morgan fingerprint density at radius 3 is 2.42 bits per heavy atom. The molecule has 1 N–H and O–H groups in total. The van der Waals surface area contributed by atoms with Crippen molar-refractivity contribution in [3.63, 3.8) is 0 Å². The lowest BCUT2D eigenvalue weighted by Crippen LogP contribution is -2.46. The molecule has 0 spiro atoms. The highest BCUT2D eigenvalue weighted by atomic mass is 16.3. The van der Waals surface area contributed by atoms with Crippen LogP contribution in [0.4, 0.5) is 0 Å². The molecule has 0 aromatic heterocycles. The zero-order valence-electron chi connectivity index (χ0n) is 17.7. The summed E-state index contributed by atoms with van der Waals surface area (Å²) in [6.07, 6.45) is 21.0. The fourth-order valence-corrected chi connectivity index (χ4v) is 6.29. The molecule has 0 aromatic carbocycles. The Bertz CT molecular complexity index is 634. The summed E-state index contributed by atoms with van der Waals surface area (Å²) in [5, 5.41) is 9.94. The standard InChI is InChI=1S/C21H30O.C2H6.C2H2/c1-13-5-8-18-17-7-6-15-12-16(22)9-10-20(15,3)19(17)11-14(2)21(13,18)4;2*1-2/h6,11-14,17-18,22H,5,7-10H2,1-4H3;1-2H3;1-2H. The summed E-state index contributed by atoms with van der Waals surface area (Å²) >= 11 is 0. The third-order valence-corrected chi connectivity index (χ3v) is 8.14. The van der Waals surface area contributed by atoms with Crippen LogP contribution in [0, 0.1) is 47.3 Å². The van der Waals surface area contributed by atoms with Crippen molar-refractivity contribution in [2.24, 2.45) is 34.5 Å². The lowest BCUT2D eigenvalue weighted by atomic mass is 9.50. The molecule has 0 heterocycles. The van der Waals surface area contributed by atoms with Crippen LogP contribution in [0.15, 0.2) is 35.1 Å². The van der Waals surface area contributed by atoms with Gasteiger partial charge in [0.25, 0.3) is 0 Å². The Balaban J connectivity index is 0.000000570. The third kappa shape index (κ3) is 2.87. The van der Waals surface area contributed by atoms with Gasteiger partial charge in [-0.1, -0.05) is 59.3 Å². The van der Waals surface area contributed by atoms with Crippen molar-refractivity contribution in [1.82, 2.24) is 0 Å². The van der Waals surface area contributed by atoms with Crippen LogP contribution >= 0.6 is 0 Å². The molecule has 0 radical (unpaired) electrons. The summed E-state index contributed by atoms with van der Waals surface area (Å²) in [4.78, 5) is 0. The summed E-state index contributed by atoms with van der Waals surface area (Å²) in [6, 6.07) is 0. The van der Waals surface area contributed by atoms with Crippen LogP contribution in [-0.2, 0) is 0 Å². The van der Waals surface area contributed by atoms with Gasteiger partial charge in [0.1, 0.15) is 0 Å². The number of rotatable bonds is 0. The first-order valence-electron chi connectivity index (χ1n) is 10.5. The number of hydrogen-bond acceptors (Lipinski definition) is 1. The van der Waals surface area contributed by atoms with Gasteiger partial charge in [0, 0.05) is 11.8 Å². The Morgan fingerprint density at radius 1 is 1.12 bits per heavy atom. The van der Waals surface area contributed by atoms with E-state index in [1.807, 2.05) is 13.8 Å². The molecule has 4 rings (SSSR count). The SMILES string of the molecule is C#C.CC.CC1C=C2C(CC=C3C=C(O)CCC32C)C2CCC(C)C12C. The highest BCUT2D eigenvalue weighted by molar-refractivity contribution is 5.45. The Kier molecular flexibility index (Phi) is 6.17. The van der Waals surface area contributed by atoms with Gasteiger partial charge in [-0.05, 0) is 66.4 Å². The van der Waals surface area contributed by atoms with Crippen LogP contribution in [0.1, 0.15) is 73.6 Å². The third-order valence-electron chi connectivity index (χ3n) is 8.14. The van der Waals surface area contributed by atoms with Crippen molar-refractivity contribution in [2.45, 2.75) is 73.6 Å². The maximum Gasteiger partial charge on any atom is 0.0926 e. The van der Waals surface area contributed by atoms with Crippen molar-refractivity contribution in [3.8, 4) is 12.8 Å². The molecule has 0 aromatic rings. The summed E-state index contributed by atoms with van der Waals surface area (Å²) in [7, 11) is 0. The van der Waals surface area contributed by atoms with E-state index < -0.39 is 0 Å². The van der Waals surface area contributed by atoms with Gasteiger partial charge in [-0.25, -0.2) is 0 Å². The molecular formula is C25H38O. The average Bonchev–Trinajstić information content (AvgIpc) is 2.97. The molecule has 26 heavy (non-hydrogen) atoms. The molecule has 6 atom stereocenters. The van der Waals surface area contributed by atoms with Gasteiger partial charge in [0.2, 0.25) is 0 Å². The van der Waals surface area contributed by atoms with E-state index in [2.05, 4.69) is 58.8 Å². The number of terminal acetylenes is 1. The average molecular weight is 355 g/mol. The molecule has 4 aliphatic rings. The van der Waals surface area contributed by atoms with Crippen molar-refractivity contribution < 1.29 is 5.11 Å². The molecule has 1 nitrogen and oxygen atoms in total. The predicted octanol–water partition coefficient (Wildman–Crippen LogP) is 7.08. The first-order chi connectivity index (χ1) is 12.4. The second-order valence-electron chi connectivity index (χ2n) is 8.83. The molecule has 1 heteroatoms. The zero-order chi connectivity index (χ0) is 19.7. The van der Waals surface area contributed by atoms with E-state index in [0.717, 1.165) is 30.6 Å². The fraction of sp³-hybridized carbons (Fsp3) is 0.680. The molecule has 4 aliphatic carbocycles. The van der Waals surface area contributed by atoms with Crippen molar-refractivity contribution in [3.05, 3.63) is 35.1 Å². The minimum absolute atomic E-state index is 0.177. The van der Waals surface area contributed by atoms with Gasteiger partial charge < -0.3 is 5.11 Å². The van der Waals surface area contributed by atoms with Gasteiger partial charge in [-0.15, -0.1) is 12.8 Å². The van der Waals surface area contributed by atoms with E-state index in [0.29, 0.717) is 17.1 Å². The minimum atomic E-state index is 0.177. The second kappa shape index (κ2) is 7.67. The number of aliphatic hydroxyl groups is 1. The van der Waals surface area contributed by atoms with Crippen LogP contribution in [0.3, 0.4) is 0 Å². The summed E-state index contributed by atoms with van der Waals surface area (Å²) in [5.74, 6) is 3.70. The molecule has 6 unspecified atom stereocenters. The minimum Gasteiger partial charge on any atom is -0.512 e. The van der Waals surface area contributed by atoms with Gasteiger partial charge in [-0.3, -0.25) is 0 Å². The van der Waals surface area contributed by atoms with Gasteiger partial charge in [0.05, 0.1) is 5.76 Å². The molecule has 1 fully saturated rings. The quantitative estimate of drug-likeness (QED) is 0.364. The summed E-state index contributed by atoms with van der Waals surface area (Å²) < 4.78 is 0. The molecule has 1 saturated carbocycles. The van der Waals surface area contributed by atoms with Crippen molar-refractivity contribution in [2.75, 3.05) is 0 Å². The largest absolute Gasteiger partial charge is 0.512 e. The Hall–Kier alpha value is -1.42. The number of allylic oxidation sites excluding steroid dienone is 6.